The van der Waals surface area contributed by atoms with Crippen molar-refractivity contribution in [2.24, 2.45) is 5.92 Å². The fourth-order valence-electron chi connectivity index (χ4n) is 3.10. The van der Waals surface area contributed by atoms with Crippen LogP contribution in [0.3, 0.4) is 0 Å². The van der Waals surface area contributed by atoms with Crippen LogP contribution in [0.1, 0.15) is 39.0 Å². The molecule has 0 radical (unpaired) electrons. The fourth-order valence-corrected chi connectivity index (χ4v) is 3.10. The first-order valence-electron chi connectivity index (χ1n) is 7.98. The van der Waals surface area contributed by atoms with Crippen molar-refractivity contribution in [3.05, 3.63) is 0 Å². The molecule has 0 spiro atoms. The number of carbonyl (C=O) groups is 2. The molecule has 2 aliphatic rings. The van der Waals surface area contributed by atoms with Crippen molar-refractivity contribution in [1.82, 2.24) is 15.1 Å². The van der Waals surface area contributed by atoms with Gasteiger partial charge < -0.3 is 15.1 Å². The molecule has 20 heavy (non-hydrogen) atoms. The zero-order chi connectivity index (χ0) is 14.4. The molecule has 0 atom stereocenters. The largest absolute Gasteiger partial charge is 0.347 e. The molecule has 1 aliphatic carbocycles. The van der Waals surface area contributed by atoms with Crippen LogP contribution in [-0.4, -0.2) is 60.9 Å². The number of carbonyl (C=O) groups excluding carboxylic acids is 2. The Morgan fingerprint density at radius 3 is 2.30 bits per heavy atom. The number of nitrogens with zero attached hydrogens (tertiary/aromatic N) is 2. The van der Waals surface area contributed by atoms with Gasteiger partial charge in [-0.2, -0.15) is 0 Å². The quantitative estimate of drug-likeness (QED) is 0.831. The minimum absolute atomic E-state index is 0.0601. The number of likely N-dealkylation sites (N-methyl/N-ethyl adjacent to an activating group) is 1. The molecule has 0 unspecified atom stereocenters. The van der Waals surface area contributed by atoms with E-state index >= 15 is 0 Å². The fraction of sp³-hybridized carbons (Fsp3) is 0.867. The molecule has 0 aromatic heterocycles. The van der Waals surface area contributed by atoms with E-state index in [4.69, 9.17) is 0 Å². The number of piperazine rings is 1. The summed E-state index contributed by atoms with van der Waals surface area (Å²) in [6, 6.07) is 0. The Balaban J connectivity index is 1.68. The van der Waals surface area contributed by atoms with Gasteiger partial charge in [0.05, 0.1) is 6.54 Å². The van der Waals surface area contributed by atoms with Gasteiger partial charge in [-0.3, -0.25) is 9.59 Å². The lowest BCUT2D eigenvalue weighted by Gasteiger charge is -2.34. The van der Waals surface area contributed by atoms with Crippen LogP contribution in [0.2, 0.25) is 0 Å². The lowest BCUT2D eigenvalue weighted by atomic mass is 9.89. The smallest absolute Gasteiger partial charge is 0.242 e. The van der Waals surface area contributed by atoms with Crippen LogP contribution < -0.4 is 5.32 Å². The highest BCUT2D eigenvalue weighted by atomic mass is 16.2. The summed E-state index contributed by atoms with van der Waals surface area (Å²) < 4.78 is 0. The van der Waals surface area contributed by atoms with Gasteiger partial charge in [-0.25, -0.2) is 0 Å². The normalized spacial score (nSPS) is 21.8. The molecule has 1 aliphatic heterocycles. The number of hydrogen-bond donors (Lipinski definition) is 1. The van der Waals surface area contributed by atoms with Crippen molar-refractivity contribution in [2.75, 3.05) is 39.3 Å². The van der Waals surface area contributed by atoms with Crippen molar-refractivity contribution in [3.8, 4) is 0 Å². The molecule has 1 N–H and O–H groups in total. The summed E-state index contributed by atoms with van der Waals surface area (Å²) in [5.74, 6) is 0.267. The summed E-state index contributed by atoms with van der Waals surface area (Å²) in [4.78, 5) is 28.3. The molecular formula is C15H27N3O2. The number of nitrogens with one attached hydrogen (secondary N) is 1. The van der Waals surface area contributed by atoms with E-state index in [1.165, 1.54) is 6.42 Å². The van der Waals surface area contributed by atoms with Crippen molar-refractivity contribution in [2.45, 2.75) is 39.0 Å². The SMILES string of the molecule is CCN1CCN(C(=O)CNC(=O)C2CCCCC2)CC1. The predicted octanol–water partition coefficient (Wildman–Crippen LogP) is 0.847. The molecular weight excluding hydrogens is 254 g/mol. The van der Waals surface area contributed by atoms with Crippen molar-refractivity contribution < 1.29 is 9.59 Å². The lowest BCUT2D eigenvalue weighted by Crippen LogP contribution is -2.51. The maximum atomic E-state index is 12.1. The zero-order valence-corrected chi connectivity index (χ0v) is 12.6. The molecule has 5 heteroatoms. The molecule has 2 rings (SSSR count). The average molecular weight is 281 g/mol. The maximum Gasteiger partial charge on any atom is 0.242 e. The van der Waals surface area contributed by atoms with Crippen molar-refractivity contribution in [1.29, 1.82) is 0 Å². The zero-order valence-electron chi connectivity index (χ0n) is 12.6. The third-order valence-corrected chi connectivity index (χ3v) is 4.56. The standard InChI is InChI=1S/C15H27N3O2/c1-2-17-8-10-18(11-9-17)14(19)12-16-15(20)13-6-4-3-5-7-13/h13H,2-12H2,1H3,(H,16,20). The van der Waals surface area contributed by atoms with Crippen LogP contribution in [0.15, 0.2) is 0 Å². The van der Waals surface area contributed by atoms with Crippen LogP contribution in [0.5, 0.6) is 0 Å². The summed E-state index contributed by atoms with van der Waals surface area (Å²) in [7, 11) is 0. The Kier molecular flexibility index (Phi) is 5.83. The number of hydrogen-bond acceptors (Lipinski definition) is 3. The summed E-state index contributed by atoms with van der Waals surface area (Å²) in [5.41, 5.74) is 0. The first-order valence-corrected chi connectivity index (χ1v) is 7.98. The minimum atomic E-state index is 0.0601. The van der Waals surface area contributed by atoms with E-state index in [0.29, 0.717) is 0 Å². The second-order valence-corrected chi connectivity index (χ2v) is 5.87. The molecule has 1 heterocycles. The van der Waals surface area contributed by atoms with Gasteiger partial charge in [0.1, 0.15) is 0 Å². The molecule has 0 bridgehead atoms. The third-order valence-electron chi connectivity index (χ3n) is 4.56. The minimum Gasteiger partial charge on any atom is -0.347 e. The van der Waals surface area contributed by atoms with Crippen LogP contribution in [0.25, 0.3) is 0 Å². The average Bonchev–Trinajstić information content (AvgIpc) is 2.53. The highest BCUT2D eigenvalue weighted by Crippen LogP contribution is 2.23. The summed E-state index contributed by atoms with van der Waals surface area (Å²) >= 11 is 0. The van der Waals surface area contributed by atoms with E-state index in [-0.39, 0.29) is 24.3 Å². The van der Waals surface area contributed by atoms with Gasteiger partial charge in [-0.05, 0) is 19.4 Å². The lowest BCUT2D eigenvalue weighted by molar-refractivity contribution is -0.135. The monoisotopic (exact) mass is 281 g/mol. The van der Waals surface area contributed by atoms with Gasteiger partial charge in [-0.15, -0.1) is 0 Å². The van der Waals surface area contributed by atoms with Crippen LogP contribution in [0.4, 0.5) is 0 Å². The van der Waals surface area contributed by atoms with Crippen LogP contribution >= 0.6 is 0 Å². The van der Waals surface area contributed by atoms with Gasteiger partial charge in [0.2, 0.25) is 11.8 Å². The van der Waals surface area contributed by atoms with Gasteiger partial charge in [-0.1, -0.05) is 26.2 Å². The molecule has 1 saturated heterocycles. The van der Waals surface area contributed by atoms with E-state index in [1.807, 2.05) is 4.90 Å². The second kappa shape index (κ2) is 7.62. The number of amides is 2. The van der Waals surface area contributed by atoms with E-state index in [9.17, 15) is 9.59 Å². The molecule has 2 fully saturated rings. The highest BCUT2D eigenvalue weighted by molar-refractivity contribution is 5.85. The third kappa shape index (κ3) is 4.20. The van der Waals surface area contributed by atoms with Gasteiger partial charge in [0.15, 0.2) is 0 Å². The molecule has 0 aromatic carbocycles. The second-order valence-electron chi connectivity index (χ2n) is 5.87. The van der Waals surface area contributed by atoms with Crippen molar-refractivity contribution in [3.63, 3.8) is 0 Å². The van der Waals surface area contributed by atoms with E-state index in [1.54, 1.807) is 0 Å². The molecule has 5 nitrogen and oxygen atoms in total. The Labute approximate surface area is 121 Å². The maximum absolute atomic E-state index is 12.1. The molecule has 1 saturated carbocycles. The van der Waals surface area contributed by atoms with E-state index in [2.05, 4.69) is 17.1 Å². The Morgan fingerprint density at radius 1 is 1.05 bits per heavy atom. The predicted molar refractivity (Wildman–Crippen MR) is 78.3 cm³/mol. The summed E-state index contributed by atoms with van der Waals surface area (Å²) in [6.07, 6.45) is 5.49. The summed E-state index contributed by atoms with van der Waals surface area (Å²) in [5, 5.41) is 2.83. The highest BCUT2D eigenvalue weighted by Gasteiger charge is 2.23. The Bertz CT molecular complexity index is 332. The van der Waals surface area contributed by atoms with Crippen LogP contribution in [-0.2, 0) is 9.59 Å². The summed E-state index contributed by atoms with van der Waals surface area (Å²) in [6.45, 7) is 6.80. The molecule has 114 valence electrons. The molecule has 0 aromatic rings. The Hall–Kier alpha value is -1.10. The van der Waals surface area contributed by atoms with E-state index in [0.717, 1.165) is 58.4 Å². The van der Waals surface area contributed by atoms with Crippen LogP contribution in [0, 0.1) is 5.92 Å². The number of rotatable bonds is 4. The van der Waals surface area contributed by atoms with E-state index < -0.39 is 0 Å². The first-order chi connectivity index (χ1) is 9.70. The Morgan fingerprint density at radius 2 is 1.70 bits per heavy atom. The van der Waals surface area contributed by atoms with Gasteiger partial charge in [0, 0.05) is 32.1 Å². The van der Waals surface area contributed by atoms with Crippen molar-refractivity contribution >= 4 is 11.8 Å². The first kappa shape index (κ1) is 15.3. The van der Waals surface area contributed by atoms with Gasteiger partial charge >= 0.3 is 0 Å². The van der Waals surface area contributed by atoms with Gasteiger partial charge in [0.25, 0.3) is 0 Å². The molecule has 2 amide bonds. The topological polar surface area (TPSA) is 52.6 Å².